The van der Waals surface area contributed by atoms with Crippen molar-refractivity contribution < 1.29 is 21.9 Å². The number of phenolic OH excluding ortho intramolecular Hbond substituents is 1. The first-order chi connectivity index (χ1) is 14.2. The zero-order valence-corrected chi connectivity index (χ0v) is 17.6. The third kappa shape index (κ3) is 5.19. The van der Waals surface area contributed by atoms with Crippen LogP contribution in [0.4, 0.5) is 0 Å². The van der Waals surface area contributed by atoms with Gasteiger partial charge in [-0.15, -0.1) is 0 Å². The van der Waals surface area contributed by atoms with E-state index in [0.29, 0.717) is 17.0 Å². The first kappa shape index (κ1) is 21.8. The largest absolute Gasteiger partial charge is 0.505 e. The molecule has 0 aliphatic heterocycles. The Balaban J connectivity index is 1.88. The maximum atomic E-state index is 12.7. The second-order valence-corrected chi connectivity index (χ2v) is 9.87. The topological polar surface area (TPSA) is 138 Å². The zero-order chi connectivity index (χ0) is 21.8. The molecule has 30 heavy (non-hydrogen) atoms. The SMILES string of the molecule is Cc1cc(S(=O)(=O)NCc2ccccn2)c(O)c(S(=O)(=O)NCc2ccccn2)c1. The fourth-order valence-corrected chi connectivity index (χ4v) is 5.08. The number of rotatable bonds is 8. The van der Waals surface area contributed by atoms with Gasteiger partial charge in [0, 0.05) is 12.4 Å². The molecular weight excluding hydrogens is 428 g/mol. The van der Waals surface area contributed by atoms with Gasteiger partial charge >= 0.3 is 0 Å². The summed E-state index contributed by atoms with van der Waals surface area (Å²) in [6.45, 7) is 1.31. The summed E-state index contributed by atoms with van der Waals surface area (Å²) >= 11 is 0. The summed E-state index contributed by atoms with van der Waals surface area (Å²) in [6, 6.07) is 12.5. The van der Waals surface area contributed by atoms with Crippen LogP contribution in [0.1, 0.15) is 17.0 Å². The summed E-state index contributed by atoms with van der Waals surface area (Å²) in [5.41, 5.74) is 1.29. The maximum Gasteiger partial charge on any atom is 0.244 e. The van der Waals surface area contributed by atoms with Gasteiger partial charge in [-0.05, 0) is 48.9 Å². The number of sulfonamides is 2. The van der Waals surface area contributed by atoms with Gasteiger partial charge < -0.3 is 5.11 Å². The van der Waals surface area contributed by atoms with Crippen molar-refractivity contribution in [3.63, 3.8) is 0 Å². The molecule has 0 bridgehead atoms. The molecule has 0 aliphatic carbocycles. The number of aromatic hydroxyl groups is 1. The van der Waals surface area contributed by atoms with Crippen LogP contribution >= 0.6 is 0 Å². The van der Waals surface area contributed by atoms with Gasteiger partial charge in [-0.2, -0.15) is 0 Å². The first-order valence-corrected chi connectivity index (χ1v) is 11.8. The van der Waals surface area contributed by atoms with E-state index < -0.39 is 35.6 Å². The van der Waals surface area contributed by atoms with Gasteiger partial charge in [0.1, 0.15) is 9.79 Å². The van der Waals surface area contributed by atoms with Crippen LogP contribution in [0.2, 0.25) is 0 Å². The standard InChI is InChI=1S/C19H20N4O5S2/c1-14-10-17(29(25,26)22-12-15-6-2-4-8-20-15)19(24)18(11-14)30(27,28)23-13-16-7-3-5-9-21-16/h2-11,22-24H,12-13H2,1H3. The number of pyridine rings is 2. The second kappa shape index (κ2) is 8.88. The molecule has 1 aromatic carbocycles. The molecule has 0 spiro atoms. The Morgan fingerprint density at radius 1 is 0.800 bits per heavy atom. The highest BCUT2D eigenvalue weighted by Crippen LogP contribution is 2.32. The molecule has 2 aromatic heterocycles. The minimum absolute atomic E-state index is 0.115. The van der Waals surface area contributed by atoms with Gasteiger partial charge in [-0.3, -0.25) is 9.97 Å². The van der Waals surface area contributed by atoms with Gasteiger partial charge in [0.15, 0.2) is 5.75 Å². The molecule has 3 N–H and O–H groups in total. The van der Waals surface area contributed by atoms with Crippen LogP contribution in [0.5, 0.6) is 5.75 Å². The molecule has 0 fully saturated rings. The van der Waals surface area contributed by atoms with Gasteiger partial charge in [0.05, 0.1) is 24.5 Å². The molecule has 0 radical (unpaired) electrons. The summed E-state index contributed by atoms with van der Waals surface area (Å²) in [5, 5.41) is 10.5. The Bertz CT molecular complexity index is 1140. The van der Waals surface area contributed by atoms with E-state index in [1.807, 2.05) is 0 Å². The lowest BCUT2D eigenvalue weighted by Crippen LogP contribution is -2.26. The zero-order valence-electron chi connectivity index (χ0n) is 16.0. The lowest BCUT2D eigenvalue weighted by molar-refractivity contribution is 0.440. The van der Waals surface area contributed by atoms with Crippen LogP contribution in [0.25, 0.3) is 0 Å². The average molecular weight is 449 g/mol. The third-order valence-electron chi connectivity index (χ3n) is 4.10. The second-order valence-electron chi connectivity index (χ2n) is 6.40. The molecule has 11 heteroatoms. The fourth-order valence-electron chi connectivity index (χ4n) is 2.62. The third-order valence-corrected chi connectivity index (χ3v) is 6.93. The maximum absolute atomic E-state index is 12.7. The molecule has 158 valence electrons. The van der Waals surface area contributed by atoms with Gasteiger partial charge in [0.25, 0.3) is 0 Å². The predicted octanol–water partition coefficient (Wildman–Crippen LogP) is 1.45. The Kier molecular flexibility index (Phi) is 6.46. The number of aromatic nitrogens is 2. The molecule has 2 heterocycles. The van der Waals surface area contributed by atoms with Gasteiger partial charge in [0.2, 0.25) is 20.0 Å². The monoisotopic (exact) mass is 448 g/mol. The first-order valence-electron chi connectivity index (χ1n) is 8.82. The molecule has 3 rings (SSSR count). The number of nitrogens with one attached hydrogen (secondary N) is 2. The van der Waals surface area contributed by atoms with Crippen LogP contribution in [0.3, 0.4) is 0 Å². The fraction of sp³-hybridized carbons (Fsp3) is 0.158. The summed E-state index contributed by atoms with van der Waals surface area (Å²) in [7, 11) is -8.41. The van der Waals surface area contributed by atoms with E-state index in [1.165, 1.54) is 31.5 Å². The lowest BCUT2D eigenvalue weighted by Gasteiger charge is -2.14. The van der Waals surface area contributed by atoms with E-state index >= 15 is 0 Å². The van der Waals surface area contributed by atoms with E-state index in [1.54, 1.807) is 36.4 Å². The Hall–Kier alpha value is -2.86. The van der Waals surface area contributed by atoms with Crippen LogP contribution in [0.15, 0.2) is 70.7 Å². The molecule has 0 saturated carbocycles. The van der Waals surface area contributed by atoms with Crippen LogP contribution in [-0.2, 0) is 33.1 Å². The molecule has 9 nitrogen and oxygen atoms in total. The van der Waals surface area contributed by atoms with E-state index in [2.05, 4.69) is 19.4 Å². The van der Waals surface area contributed by atoms with Crippen LogP contribution < -0.4 is 9.44 Å². The Morgan fingerprint density at radius 3 is 1.60 bits per heavy atom. The number of aryl methyl sites for hydroxylation is 1. The lowest BCUT2D eigenvalue weighted by atomic mass is 10.2. The van der Waals surface area contributed by atoms with Crippen LogP contribution in [-0.4, -0.2) is 31.9 Å². The highest BCUT2D eigenvalue weighted by molar-refractivity contribution is 7.90. The van der Waals surface area contributed by atoms with Crippen molar-refractivity contribution in [2.24, 2.45) is 0 Å². The van der Waals surface area contributed by atoms with Crippen molar-refractivity contribution in [2.75, 3.05) is 0 Å². The van der Waals surface area contributed by atoms with Crippen molar-refractivity contribution in [3.05, 3.63) is 77.9 Å². The summed E-state index contributed by atoms with van der Waals surface area (Å²) < 4.78 is 55.5. The highest BCUT2D eigenvalue weighted by Gasteiger charge is 2.27. The van der Waals surface area contributed by atoms with Gasteiger partial charge in [-0.1, -0.05) is 12.1 Å². The number of hydrogen-bond acceptors (Lipinski definition) is 7. The molecule has 0 saturated heterocycles. The van der Waals surface area contributed by atoms with Crippen molar-refractivity contribution in [1.29, 1.82) is 0 Å². The van der Waals surface area contributed by atoms with Crippen molar-refractivity contribution in [1.82, 2.24) is 19.4 Å². The van der Waals surface area contributed by atoms with E-state index in [4.69, 9.17) is 0 Å². The molecule has 0 aliphatic rings. The highest BCUT2D eigenvalue weighted by atomic mass is 32.2. The molecule has 3 aromatic rings. The van der Waals surface area contributed by atoms with Crippen molar-refractivity contribution in [3.8, 4) is 5.75 Å². The number of benzene rings is 1. The van der Waals surface area contributed by atoms with E-state index in [0.717, 1.165) is 0 Å². The summed E-state index contributed by atoms with van der Waals surface area (Å²) in [4.78, 5) is 6.99. The minimum Gasteiger partial charge on any atom is -0.505 e. The summed E-state index contributed by atoms with van der Waals surface area (Å²) in [5.74, 6) is -0.859. The number of hydrogen-bond donors (Lipinski definition) is 3. The molecular formula is C19H20N4O5S2. The number of phenols is 1. The van der Waals surface area contributed by atoms with E-state index in [-0.39, 0.29) is 13.1 Å². The summed E-state index contributed by atoms with van der Waals surface area (Å²) in [6.07, 6.45) is 3.04. The quantitative estimate of drug-likeness (QED) is 0.474. The van der Waals surface area contributed by atoms with Crippen molar-refractivity contribution in [2.45, 2.75) is 29.8 Å². The van der Waals surface area contributed by atoms with Crippen LogP contribution in [0, 0.1) is 6.92 Å². The molecule has 0 atom stereocenters. The van der Waals surface area contributed by atoms with Crippen molar-refractivity contribution >= 4 is 20.0 Å². The predicted molar refractivity (Wildman–Crippen MR) is 109 cm³/mol. The smallest absolute Gasteiger partial charge is 0.244 e. The average Bonchev–Trinajstić information content (AvgIpc) is 2.74. The molecule has 0 amide bonds. The Labute approximate surface area is 174 Å². The Morgan fingerprint density at radius 2 is 1.23 bits per heavy atom. The van der Waals surface area contributed by atoms with E-state index in [9.17, 15) is 21.9 Å². The normalized spacial score (nSPS) is 12.0. The van der Waals surface area contributed by atoms with Gasteiger partial charge in [-0.25, -0.2) is 26.3 Å². The minimum atomic E-state index is -4.21. The number of nitrogens with zero attached hydrogens (tertiary/aromatic N) is 2. The molecule has 0 unspecified atom stereocenters.